The number of carbonyl (C=O) groups is 5. The first kappa shape index (κ1) is 79.7. The largest absolute Gasteiger partial charge is 0.460 e. The normalized spacial score (nSPS) is 32.3. The molecule has 1 saturated carbocycles. The summed E-state index contributed by atoms with van der Waals surface area (Å²) < 4.78 is 74.5. The van der Waals surface area contributed by atoms with Crippen LogP contribution in [-0.2, 0) is 85.6 Å². The minimum absolute atomic E-state index is 0.00682. The first-order valence-electron chi connectivity index (χ1n) is 33.2. The van der Waals surface area contributed by atoms with E-state index in [0.717, 1.165) is 5.57 Å². The van der Waals surface area contributed by atoms with Gasteiger partial charge in [0.1, 0.15) is 30.1 Å². The van der Waals surface area contributed by atoms with Gasteiger partial charge in [-0.15, -0.1) is 0 Å². The van der Waals surface area contributed by atoms with Gasteiger partial charge in [-0.25, -0.2) is 4.79 Å². The van der Waals surface area contributed by atoms with Gasteiger partial charge in [0.2, 0.25) is 5.79 Å². The molecule has 3 heterocycles. The fourth-order valence-electron chi connectivity index (χ4n) is 12.0. The van der Waals surface area contributed by atoms with Crippen LogP contribution in [0.4, 0.5) is 0 Å². The van der Waals surface area contributed by atoms with E-state index in [1.165, 1.54) is 12.0 Å². The lowest BCUT2D eigenvalue weighted by atomic mass is 9.78. The van der Waals surface area contributed by atoms with Crippen LogP contribution in [0.25, 0.3) is 0 Å². The number of cyclic esters (lactones) is 1. The molecule has 4 aliphatic rings. The van der Waals surface area contributed by atoms with E-state index in [0.29, 0.717) is 162 Å². The second-order valence-corrected chi connectivity index (χ2v) is 24.8. The molecule has 91 heavy (non-hydrogen) atoms. The Bertz CT molecular complexity index is 2230. The summed E-state index contributed by atoms with van der Waals surface area (Å²) in [5.74, 6) is -8.44. The van der Waals surface area contributed by atoms with Crippen LogP contribution in [0.3, 0.4) is 0 Å². The molecule has 522 valence electrons. The number of ether oxygens (including phenoxy) is 13. The Balaban J connectivity index is 1.41. The summed E-state index contributed by atoms with van der Waals surface area (Å²) in [6.45, 7) is 19.2. The number of aliphatic hydroxyl groups excluding tert-OH is 3. The minimum atomic E-state index is -2.51. The predicted octanol–water partition coefficient (Wildman–Crippen LogP) is 5.68. The second kappa shape index (κ2) is 44.8. The third-order valence-corrected chi connectivity index (χ3v) is 17.6. The van der Waals surface area contributed by atoms with Gasteiger partial charge in [-0.3, -0.25) is 19.2 Å². The zero-order valence-corrected chi connectivity index (χ0v) is 56.1. The van der Waals surface area contributed by atoms with Crippen molar-refractivity contribution < 1.29 is 106 Å². The van der Waals surface area contributed by atoms with Crippen molar-refractivity contribution in [2.45, 2.75) is 180 Å². The highest BCUT2D eigenvalue weighted by atomic mass is 16.6. The standard InChI is InChI=1S/C68H113NO22/c1-47-15-11-10-12-16-48(2)59(89-40-39-88-38-37-87-36-35-86-34-33-85-32-31-84-30-29-83-28-27-82-26-25-81-24-23-70)45-55-20-18-53(7)68(78,91-55)65(75)66(76)69-22-14-13-17-56(69)67(77)90-60(50(4)43-54-19-21-57(71)61(44-54)79-8)46-58(72)49(3)42-52(6)63(74)64(80-9)62(73)51(5)41-47/h10-12,15-16,42,47,49-51,53-57,59-61,63-64,70-71,74,78H,13-14,17-41,43-46H2,1-9H3/b12-10+,15-11+,48-16+,52-42+/t47-,49-,50-,51-,53-,54+,55+,56+,57-,59?,60+,61-,63-,64+,68-/m1/s1. The van der Waals surface area contributed by atoms with E-state index in [9.17, 15) is 39.3 Å². The van der Waals surface area contributed by atoms with E-state index in [1.807, 2.05) is 51.2 Å². The van der Waals surface area contributed by atoms with E-state index in [1.54, 1.807) is 40.9 Å². The number of esters is 1. The molecule has 0 radical (unpaired) electrons. The number of fused-ring (bicyclic) bond motifs is 3. The molecule has 3 aliphatic heterocycles. The van der Waals surface area contributed by atoms with Gasteiger partial charge in [-0.1, -0.05) is 71.1 Å². The fourth-order valence-corrected chi connectivity index (χ4v) is 12.0. The molecule has 23 nitrogen and oxygen atoms in total. The summed E-state index contributed by atoms with van der Waals surface area (Å²) in [4.78, 5) is 73.1. The predicted molar refractivity (Wildman–Crippen MR) is 338 cm³/mol. The van der Waals surface area contributed by atoms with Gasteiger partial charge in [-0.2, -0.15) is 0 Å². The maximum Gasteiger partial charge on any atom is 0.329 e. The first-order chi connectivity index (χ1) is 43.7. The molecule has 3 fully saturated rings. The molecule has 0 spiro atoms. The summed E-state index contributed by atoms with van der Waals surface area (Å²) in [6.07, 6.45) is 10.3. The number of allylic oxidation sites excluding steroid dienone is 6. The summed E-state index contributed by atoms with van der Waals surface area (Å²) in [6, 6.07) is -1.19. The molecule has 1 aliphatic carbocycles. The monoisotopic (exact) mass is 1300 g/mol. The Kier molecular flexibility index (Phi) is 39.3. The van der Waals surface area contributed by atoms with E-state index in [2.05, 4.69) is 0 Å². The quantitative estimate of drug-likeness (QED) is 0.0273. The van der Waals surface area contributed by atoms with E-state index >= 15 is 0 Å². The Morgan fingerprint density at radius 1 is 0.659 bits per heavy atom. The van der Waals surface area contributed by atoms with E-state index in [-0.39, 0.29) is 81.1 Å². The van der Waals surface area contributed by atoms with E-state index in [4.69, 9.17) is 66.7 Å². The number of rotatable bonds is 32. The van der Waals surface area contributed by atoms with Crippen molar-refractivity contribution in [3.63, 3.8) is 0 Å². The number of methoxy groups -OCH3 is 2. The van der Waals surface area contributed by atoms with Gasteiger partial charge in [0.05, 0.1) is 143 Å². The SMILES string of the molecule is CO[C@@H]1C[C@H](C[C@@H](C)[C@@H]2CC(=O)[C@H](C)/C=C(\C)[C@@H](O)[C@@H](OC)C(=O)[C@H](C)C[C@H](C)/C=C/C=C/C=C(\C)C(OCCOCCOCCOCCOCCOCCOCCOCCOCCO)C[C@@H]3CC[C@@H](C)[C@@](O)(O3)C(=O)C(=O)N3CCCC[C@H]3C(=O)O2)CC[C@H]1O. The number of Topliss-reactive ketones (excluding diaryl/α,β-unsaturated/α-hetero) is 3. The van der Waals surface area contributed by atoms with Gasteiger partial charge in [0.25, 0.3) is 11.7 Å². The highest BCUT2D eigenvalue weighted by Gasteiger charge is 2.53. The zero-order valence-electron chi connectivity index (χ0n) is 56.1. The molecular formula is C68H113NO22. The minimum Gasteiger partial charge on any atom is -0.460 e. The zero-order chi connectivity index (χ0) is 66.6. The lowest BCUT2D eigenvalue weighted by molar-refractivity contribution is -0.266. The average molecular weight is 1300 g/mol. The molecule has 4 rings (SSSR count). The van der Waals surface area contributed by atoms with Gasteiger partial charge < -0.3 is 86.9 Å². The van der Waals surface area contributed by atoms with Crippen molar-refractivity contribution in [3.05, 3.63) is 47.6 Å². The average Bonchev–Trinajstić information content (AvgIpc) is 0.850. The first-order valence-corrected chi connectivity index (χ1v) is 33.2. The molecule has 0 aromatic rings. The maximum absolute atomic E-state index is 14.6. The van der Waals surface area contributed by atoms with Crippen LogP contribution < -0.4 is 0 Å². The molecule has 15 atom stereocenters. The van der Waals surface area contributed by atoms with Gasteiger partial charge in [-0.05, 0) is 107 Å². The van der Waals surface area contributed by atoms with Crippen molar-refractivity contribution in [2.24, 2.45) is 35.5 Å². The van der Waals surface area contributed by atoms with Gasteiger partial charge in [0.15, 0.2) is 5.78 Å². The molecule has 1 amide bonds. The number of ketones is 3. The van der Waals surface area contributed by atoms with Crippen LogP contribution in [0.1, 0.15) is 126 Å². The van der Waals surface area contributed by atoms with Crippen LogP contribution in [-0.4, -0.2) is 249 Å². The van der Waals surface area contributed by atoms with Crippen LogP contribution in [0.5, 0.6) is 0 Å². The number of amides is 1. The molecular weight excluding hydrogens is 1180 g/mol. The highest BCUT2D eigenvalue weighted by molar-refractivity contribution is 6.39. The number of hydrogen-bond donors (Lipinski definition) is 4. The topological polar surface area (TPSA) is 290 Å². The number of nitrogens with zero attached hydrogens (tertiary/aromatic N) is 1. The molecule has 0 aromatic heterocycles. The number of carbonyl (C=O) groups excluding carboxylic acids is 5. The molecule has 4 N–H and O–H groups in total. The smallest absolute Gasteiger partial charge is 0.329 e. The summed E-state index contributed by atoms with van der Waals surface area (Å²) in [7, 11) is 2.93. The number of hydrogen-bond acceptors (Lipinski definition) is 22. The summed E-state index contributed by atoms with van der Waals surface area (Å²) in [5.41, 5.74) is 1.19. The highest BCUT2D eigenvalue weighted by Crippen LogP contribution is 2.38. The molecule has 1 unspecified atom stereocenters. The third kappa shape index (κ3) is 28.6. The van der Waals surface area contributed by atoms with Crippen molar-refractivity contribution >= 4 is 29.2 Å². The van der Waals surface area contributed by atoms with Gasteiger partial charge in [0, 0.05) is 51.4 Å². The van der Waals surface area contributed by atoms with Crippen LogP contribution in [0, 0.1) is 35.5 Å². The van der Waals surface area contributed by atoms with Crippen molar-refractivity contribution in [1.29, 1.82) is 0 Å². The molecule has 0 aromatic carbocycles. The van der Waals surface area contributed by atoms with Crippen molar-refractivity contribution in [2.75, 3.05) is 140 Å². The Hall–Kier alpha value is -3.73. The van der Waals surface area contributed by atoms with Crippen LogP contribution in [0.15, 0.2) is 47.6 Å². The Labute approximate surface area is 541 Å². The van der Waals surface area contributed by atoms with Crippen molar-refractivity contribution in [1.82, 2.24) is 4.90 Å². The molecule has 23 heteroatoms. The Morgan fingerprint density at radius 2 is 1.23 bits per heavy atom. The molecule has 2 saturated heterocycles. The fraction of sp³-hybridized carbons (Fsp3) is 0.809. The third-order valence-electron chi connectivity index (χ3n) is 17.6. The van der Waals surface area contributed by atoms with E-state index < -0.39 is 83.9 Å². The van der Waals surface area contributed by atoms with Crippen molar-refractivity contribution in [3.8, 4) is 0 Å². The lowest BCUT2D eigenvalue weighted by Gasteiger charge is -2.43. The second-order valence-electron chi connectivity index (χ2n) is 24.8. The van der Waals surface area contributed by atoms with Crippen LogP contribution in [0.2, 0.25) is 0 Å². The lowest BCUT2D eigenvalue weighted by Crippen LogP contribution is -2.61. The molecule has 2 bridgehead atoms. The van der Waals surface area contributed by atoms with Crippen LogP contribution >= 0.6 is 0 Å². The van der Waals surface area contributed by atoms with Gasteiger partial charge >= 0.3 is 5.97 Å². The number of aliphatic hydroxyl groups is 4. The maximum atomic E-state index is 14.6. The Morgan fingerprint density at radius 3 is 1.79 bits per heavy atom. The summed E-state index contributed by atoms with van der Waals surface area (Å²) >= 11 is 0. The summed E-state index contributed by atoms with van der Waals surface area (Å²) in [5, 5.41) is 43.1. The number of piperidine rings is 1.